The van der Waals surface area contributed by atoms with Crippen molar-refractivity contribution < 1.29 is 4.39 Å². The lowest BCUT2D eigenvalue weighted by molar-refractivity contribution is 0.451. The maximum absolute atomic E-state index is 13.6. The summed E-state index contributed by atoms with van der Waals surface area (Å²) in [6.45, 7) is 0.850. The molecule has 1 N–H and O–H groups in total. The third kappa shape index (κ3) is 3.49. The van der Waals surface area contributed by atoms with Gasteiger partial charge in [0.1, 0.15) is 11.6 Å². The molecule has 146 valence electrons. The summed E-state index contributed by atoms with van der Waals surface area (Å²) < 4.78 is 15.3. The van der Waals surface area contributed by atoms with Crippen molar-refractivity contribution in [1.29, 1.82) is 0 Å². The lowest BCUT2D eigenvalue weighted by Gasteiger charge is -2.34. The number of H-pyrrole nitrogens is 1. The maximum atomic E-state index is 13.6. The molecule has 0 saturated carbocycles. The molecule has 4 heterocycles. The summed E-state index contributed by atoms with van der Waals surface area (Å²) in [5.74, 6) is 1.97. The predicted molar refractivity (Wildman–Crippen MR) is 107 cm³/mol. The molecule has 0 aliphatic carbocycles. The molecule has 1 atom stereocenters. The number of benzene rings is 1. The van der Waals surface area contributed by atoms with Gasteiger partial charge in [0.05, 0.1) is 17.9 Å². The molecule has 8 heteroatoms. The molecule has 1 aromatic carbocycles. The number of anilines is 1. The van der Waals surface area contributed by atoms with Gasteiger partial charge in [-0.25, -0.2) is 19.0 Å². The first-order chi connectivity index (χ1) is 14.3. The number of nitrogens with zero attached hydrogens (tertiary/aromatic N) is 6. The number of nitrogens with one attached hydrogen (secondary N) is 1. The number of imidazole rings is 1. The Morgan fingerprint density at radius 2 is 2.03 bits per heavy atom. The van der Waals surface area contributed by atoms with Crippen LogP contribution >= 0.6 is 0 Å². The molecule has 29 heavy (non-hydrogen) atoms. The normalized spacial score (nSPS) is 16.9. The Morgan fingerprint density at radius 1 is 1.07 bits per heavy atom. The first kappa shape index (κ1) is 17.5. The Labute approximate surface area is 167 Å². The van der Waals surface area contributed by atoms with E-state index in [1.54, 1.807) is 29.3 Å². The molecule has 0 radical (unpaired) electrons. The maximum Gasteiger partial charge on any atom is 0.227 e. The SMILES string of the molecule is Fc1cccc(-c2cnc([C@H]3CCCCN3c3nccc(-n4cccn4)n3)[nH]2)c1. The Morgan fingerprint density at radius 3 is 2.90 bits per heavy atom. The quantitative estimate of drug-likeness (QED) is 0.572. The highest BCUT2D eigenvalue weighted by Gasteiger charge is 2.28. The number of hydrogen-bond acceptors (Lipinski definition) is 5. The van der Waals surface area contributed by atoms with Crippen molar-refractivity contribution in [1.82, 2.24) is 29.7 Å². The number of aromatic amines is 1. The molecule has 0 amide bonds. The lowest BCUT2D eigenvalue weighted by Crippen LogP contribution is -2.35. The molecule has 0 bridgehead atoms. The van der Waals surface area contributed by atoms with Crippen LogP contribution in [0.2, 0.25) is 0 Å². The molecule has 1 saturated heterocycles. The van der Waals surface area contributed by atoms with Gasteiger partial charge in [-0.2, -0.15) is 10.1 Å². The van der Waals surface area contributed by atoms with Crippen LogP contribution in [0.4, 0.5) is 10.3 Å². The topological polar surface area (TPSA) is 75.5 Å². The zero-order chi connectivity index (χ0) is 19.6. The van der Waals surface area contributed by atoms with Gasteiger partial charge in [0, 0.05) is 36.8 Å². The zero-order valence-electron chi connectivity index (χ0n) is 15.7. The van der Waals surface area contributed by atoms with Gasteiger partial charge in [-0.3, -0.25) is 0 Å². The van der Waals surface area contributed by atoms with E-state index in [2.05, 4.69) is 25.0 Å². The van der Waals surface area contributed by atoms with E-state index in [1.165, 1.54) is 12.1 Å². The number of hydrogen-bond donors (Lipinski definition) is 1. The first-order valence-corrected chi connectivity index (χ1v) is 9.68. The fourth-order valence-corrected chi connectivity index (χ4v) is 3.77. The minimum Gasteiger partial charge on any atom is -0.340 e. The van der Waals surface area contributed by atoms with E-state index in [1.807, 2.05) is 24.4 Å². The fraction of sp³-hybridized carbons (Fsp3) is 0.238. The van der Waals surface area contributed by atoms with Crippen molar-refractivity contribution in [2.75, 3.05) is 11.4 Å². The van der Waals surface area contributed by atoms with Crippen LogP contribution < -0.4 is 4.90 Å². The second-order valence-corrected chi connectivity index (χ2v) is 7.06. The Hall–Kier alpha value is -3.55. The standard InChI is InChI=1S/C21H20FN7/c22-16-6-3-5-15(13-16)17-14-24-20(26-17)18-7-1-2-11-28(18)21-23-10-8-19(27-21)29-12-4-9-25-29/h3-6,8-10,12-14,18H,1-2,7,11H2,(H,24,26)/t18-/m1/s1. The Balaban J connectivity index is 1.46. The van der Waals surface area contributed by atoms with Crippen LogP contribution in [0.5, 0.6) is 0 Å². The second kappa shape index (κ2) is 7.46. The van der Waals surface area contributed by atoms with Crippen LogP contribution in [-0.4, -0.2) is 36.3 Å². The van der Waals surface area contributed by atoms with Gasteiger partial charge in [-0.05, 0) is 37.5 Å². The van der Waals surface area contributed by atoms with Crippen molar-refractivity contribution in [2.24, 2.45) is 0 Å². The van der Waals surface area contributed by atoms with Crippen molar-refractivity contribution in [3.63, 3.8) is 0 Å². The Kier molecular flexibility index (Phi) is 4.51. The van der Waals surface area contributed by atoms with E-state index >= 15 is 0 Å². The van der Waals surface area contributed by atoms with Crippen molar-refractivity contribution >= 4 is 5.95 Å². The molecule has 1 fully saturated rings. The minimum atomic E-state index is -0.262. The van der Waals surface area contributed by atoms with E-state index in [9.17, 15) is 4.39 Å². The number of rotatable bonds is 4. The van der Waals surface area contributed by atoms with E-state index in [0.717, 1.165) is 48.7 Å². The predicted octanol–water partition coefficient (Wildman–Crippen LogP) is 3.92. The van der Waals surface area contributed by atoms with Crippen LogP contribution in [0.3, 0.4) is 0 Å². The van der Waals surface area contributed by atoms with Crippen LogP contribution in [0.1, 0.15) is 31.1 Å². The summed E-state index contributed by atoms with van der Waals surface area (Å²) in [6.07, 6.45) is 10.2. The van der Waals surface area contributed by atoms with Gasteiger partial charge >= 0.3 is 0 Å². The summed E-state index contributed by atoms with van der Waals surface area (Å²) in [5, 5.41) is 4.25. The summed E-state index contributed by atoms with van der Waals surface area (Å²) in [6, 6.07) is 10.3. The van der Waals surface area contributed by atoms with Crippen molar-refractivity contribution in [3.8, 4) is 17.1 Å². The summed E-state index contributed by atoms with van der Waals surface area (Å²) in [4.78, 5) is 19.4. The van der Waals surface area contributed by atoms with Crippen LogP contribution in [0.25, 0.3) is 17.1 Å². The monoisotopic (exact) mass is 389 g/mol. The van der Waals surface area contributed by atoms with Gasteiger partial charge in [-0.15, -0.1) is 0 Å². The van der Waals surface area contributed by atoms with Gasteiger partial charge < -0.3 is 9.88 Å². The largest absolute Gasteiger partial charge is 0.340 e. The van der Waals surface area contributed by atoms with Gasteiger partial charge in [0.25, 0.3) is 0 Å². The molecule has 0 spiro atoms. The molecular formula is C21H20FN7. The highest BCUT2D eigenvalue weighted by molar-refractivity contribution is 5.58. The summed E-state index contributed by atoms with van der Waals surface area (Å²) in [7, 11) is 0. The minimum absolute atomic E-state index is 0.0407. The zero-order valence-corrected chi connectivity index (χ0v) is 15.7. The molecule has 5 rings (SSSR count). The van der Waals surface area contributed by atoms with E-state index < -0.39 is 0 Å². The number of halogens is 1. The number of piperidine rings is 1. The molecule has 4 aromatic rings. The van der Waals surface area contributed by atoms with Crippen LogP contribution in [0, 0.1) is 5.82 Å². The fourth-order valence-electron chi connectivity index (χ4n) is 3.77. The molecule has 1 aliphatic heterocycles. The van der Waals surface area contributed by atoms with E-state index in [4.69, 9.17) is 4.98 Å². The van der Waals surface area contributed by atoms with Crippen LogP contribution in [-0.2, 0) is 0 Å². The highest BCUT2D eigenvalue weighted by Crippen LogP contribution is 2.33. The average molecular weight is 389 g/mol. The van der Waals surface area contributed by atoms with Gasteiger partial charge in [0.2, 0.25) is 5.95 Å². The van der Waals surface area contributed by atoms with Gasteiger partial charge in [-0.1, -0.05) is 12.1 Å². The molecule has 1 aliphatic rings. The first-order valence-electron chi connectivity index (χ1n) is 9.68. The smallest absolute Gasteiger partial charge is 0.227 e. The number of aromatic nitrogens is 6. The third-order valence-electron chi connectivity index (χ3n) is 5.17. The van der Waals surface area contributed by atoms with Crippen molar-refractivity contribution in [3.05, 3.63) is 72.8 Å². The molecule has 0 unspecified atom stereocenters. The average Bonchev–Trinajstić information content (AvgIpc) is 3.46. The molecule has 7 nitrogen and oxygen atoms in total. The molecule has 3 aromatic heterocycles. The summed E-state index contributed by atoms with van der Waals surface area (Å²) in [5.41, 5.74) is 1.58. The Bertz CT molecular complexity index is 1110. The molecular weight excluding hydrogens is 369 g/mol. The lowest BCUT2D eigenvalue weighted by atomic mass is 10.0. The van der Waals surface area contributed by atoms with Crippen molar-refractivity contribution in [2.45, 2.75) is 25.3 Å². The third-order valence-corrected chi connectivity index (χ3v) is 5.17. The van der Waals surface area contributed by atoms with Gasteiger partial charge in [0.15, 0.2) is 5.82 Å². The second-order valence-electron chi connectivity index (χ2n) is 7.06. The van der Waals surface area contributed by atoms with E-state index in [-0.39, 0.29) is 11.9 Å². The summed E-state index contributed by atoms with van der Waals surface area (Å²) >= 11 is 0. The van der Waals surface area contributed by atoms with E-state index in [0.29, 0.717) is 5.95 Å². The van der Waals surface area contributed by atoms with Crippen LogP contribution in [0.15, 0.2) is 61.2 Å². The highest BCUT2D eigenvalue weighted by atomic mass is 19.1.